The zero-order valence-corrected chi connectivity index (χ0v) is 13.2. The molecule has 2 amide bonds. The fourth-order valence-corrected chi connectivity index (χ4v) is 3.14. The number of nitrogens with two attached hydrogens (primary N) is 1. The van der Waals surface area contributed by atoms with E-state index in [-0.39, 0.29) is 23.5 Å². The van der Waals surface area contributed by atoms with Crippen molar-refractivity contribution in [3.05, 3.63) is 47.2 Å². The van der Waals surface area contributed by atoms with E-state index < -0.39 is 18.4 Å². The Hall–Kier alpha value is -2.49. The Labute approximate surface area is 142 Å². The van der Waals surface area contributed by atoms with Gasteiger partial charge in [-0.05, 0) is 30.4 Å². The maximum Gasteiger partial charge on any atom is 0.262 e. The standard InChI is InChI=1S/C15H14N4O4S/c16-15(24)18-17-9-5-10(11-6-22-14(9)23-11)19-12(20)7-3-1-2-4-8(7)13(19)21/h1-5,10-11,14,17H,6H2,(H3,16,18,24). The first-order valence-corrected chi connectivity index (χ1v) is 7.74. The molecule has 24 heavy (non-hydrogen) atoms. The van der Waals surface area contributed by atoms with Gasteiger partial charge in [0.15, 0.2) is 5.11 Å². The maximum absolute atomic E-state index is 12.7. The van der Waals surface area contributed by atoms with Crippen LogP contribution in [-0.4, -0.2) is 46.9 Å². The van der Waals surface area contributed by atoms with E-state index in [2.05, 4.69) is 10.9 Å². The summed E-state index contributed by atoms with van der Waals surface area (Å²) < 4.78 is 11.3. The second-order valence-corrected chi connectivity index (χ2v) is 6.03. The zero-order chi connectivity index (χ0) is 16.8. The SMILES string of the molecule is NC(=S)NNC1=CC(N2C(=O)c3ccccc3C2=O)C2COC1O2. The van der Waals surface area contributed by atoms with Gasteiger partial charge in [-0.25, -0.2) is 0 Å². The third-order valence-electron chi connectivity index (χ3n) is 4.15. The molecule has 0 spiro atoms. The van der Waals surface area contributed by atoms with E-state index in [0.717, 1.165) is 0 Å². The second kappa shape index (κ2) is 5.55. The minimum atomic E-state index is -0.608. The van der Waals surface area contributed by atoms with Crippen LogP contribution in [0, 0.1) is 0 Å². The van der Waals surface area contributed by atoms with Crippen LogP contribution in [0.3, 0.4) is 0 Å². The quantitative estimate of drug-likeness (QED) is 0.387. The van der Waals surface area contributed by atoms with Crippen molar-refractivity contribution in [3.63, 3.8) is 0 Å². The Morgan fingerprint density at radius 2 is 1.92 bits per heavy atom. The van der Waals surface area contributed by atoms with Gasteiger partial charge in [0.2, 0.25) is 6.29 Å². The van der Waals surface area contributed by atoms with Gasteiger partial charge < -0.3 is 15.2 Å². The molecule has 4 N–H and O–H groups in total. The number of imide groups is 1. The highest BCUT2D eigenvalue weighted by Gasteiger charge is 2.48. The molecule has 3 aliphatic rings. The number of nitrogens with zero attached hydrogens (tertiary/aromatic N) is 1. The first kappa shape index (κ1) is 15.1. The van der Waals surface area contributed by atoms with Gasteiger partial charge in [-0.2, -0.15) is 0 Å². The van der Waals surface area contributed by atoms with Crippen LogP contribution < -0.4 is 16.6 Å². The number of carbonyl (C=O) groups excluding carboxylic acids is 2. The molecule has 9 heteroatoms. The monoisotopic (exact) mass is 346 g/mol. The lowest BCUT2D eigenvalue weighted by Gasteiger charge is -2.32. The van der Waals surface area contributed by atoms with Gasteiger partial charge in [-0.3, -0.25) is 25.3 Å². The Balaban J connectivity index is 1.66. The molecule has 1 fully saturated rings. The molecule has 0 saturated carbocycles. The molecule has 1 aromatic carbocycles. The third-order valence-corrected chi connectivity index (χ3v) is 4.25. The van der Waals surface area contributed by atoms with Crippen molar-refractivity contribution in [2.45, 2.75) is 18.4 Å². The fourth-order valence-electron chi connectivity index (χ4n) is 3.09. The van der Waals surface area contributed by atoms with Crippen molar-refractivity contribution in [3.8, 4) is 0 Å². The minimum Gasteiger partial charge on any atom is -0.375 e. The summed E-state index contributed by atoms with van der Waals surface area (Å²) in [5.41, 5.74) is 12.1. The van der Waals surface area contributed by atoms with Crippen LogP contribution >= 0.6 is 12.2 Å². The minimum absolute atomic E-state index is 0.0494. The summed E-state index contributed by atoms with van der Waals surface area (Å²) in [6.45, 7) is 0.275. The summed E-state index contributed by atoms with van der Waals surface area (Å²) in [6.07, 6.45) is 0.717. The molecule has 1 saturated heterocycles. The van der Waals surface area contributed by atoms with E-state index >= 15 is 0 Å². The number of hydrazine groups is 1. The number of fused-ring (bicyclic) bond motifs is 3. The van der Waals surface area contributed by atoms with Gasteiger partial charge in [0.05, 0.1) is 29.5 Å². The van der Waals surface area contributed by atoms with Gasteiger partial charge in [0.1, 0.15) is 6.10 Å². The number of hydrogen-bond donors (Lipinski definition) is 3. The number of benzene rings is 1. The molecule has 3 unspecified atom stereocenters. The summed E-state index contributed by atoms with van der Waals surface area (Å²) in [5, 5.41) is 0.0494. The van der Waals surface area contributed by atoms with E-state index in [4.69, 9.17) is 27.4 Å². The van der Waals surface area contributed by atoms with Crippen LogP contribution in [0.15, 0.2) is 36.0 Å². The first-order chi connectivity index (χ1) is 11.6. The van der Waals surface area contributed by atoms with Gasteiger partial charge in [0, 0.05) is 0 Å². The van der Waals surface area contributed by atoms with Crippen molar-refractivity contribution >= 4 is 29.1 Å². The summed E-state index contributed by atoms with van der Waals surface area (Å²) >= 11 is 4.75. The summed E-state index contributed by atoms with van der Waals surface area (Å²) in [4.78, 5) is 26.5. The molecule has 3 aliphatic heterocycles. The largest absolute Gasteiger partial charge is 0.375 e. The summed E-state index contributed by atoms with van der Waals surface area (Å²) in [5.74, 6) is -0.681. The highest BCUT2D eigenvalue weighted by molar-refractivity contribution is 7.80. The van der Waals surface area contributed by atoms with Crippen molar-refractivity contribution in [2.24, 2.45) is 5.73 Å². The Kier molecular flexibility index (Phi) is 3.48. The summed E-state index contributed by atoms with van der Waals surface area (Å²) in [7, 11) is 0. The number of ether oxygens (including phenoxy) is 2. The number of amides is 2. The molecule has 0 aliphatic carbocycles. The van der Waals surface area contributed by atoms with E-state index in [9.17, 15) is 9.59 Å². The molecular formula is C15H14N4O4S. The number of nitrogens with one attached hydrogen (secondary N) is 2. The fraction of sp³-hybridized carbons (Fsp3) is 0.267. The van der Waals surface area contributed by atoms with Gasteiger partial charge >= 0.3 is 0 Å². The van der Waals surface area contributed by atoms with Gasteiger partial charge in [-0.1, -0.05) is 12.1 Å². The Morgan fingerprint density at radius 3 is 2.54 bits per heavy atom. The molecule has 8 nitrogen and oxygen atoms in total. The van der Waals surface area contributed by atoms with Crippen LogP contribution in [0.2, 0.25) is 0 Å². The molecule has 124 valence electrons. The predicted octanol–water partition coefficient (Wildman–Crippen LogP) is -0.372. The van der Waals surface area contributed by atoms with Crippen LogP contribution in [0.25, 0.3) is 0 Å². The smallest absolute Gasteiger partial charge is 0.262 e. The van der Waals surface area contributed by atoms with E-state index in [1.54, 1.807) is 30.3 Å². The van der Waals surface area contributed by atoms with Crippen LogP contribution in [0.4, 0.5) is 0 Å². The number of carbonyl (C=O) groups is 2. The molecule has 2 bridgehead atoms. The average molecular weight is 346 g/mol. The Bertz CT molecular complexity index is 745. The number of hydrogen-bond acceptors (Lipinski definition) is 6. The molecule has 4 rings (SSSR count). The first-order valence-electron chi connectivity index (χ1n) is 7.33. The van der Waals surface area contributed by atoms with Crippen LogP contribution in [0.5, 0.6) is 0 Å². The highest BCUT2D eigenvalue weighted by Crippen LogP contribution is 2.33. The third kappa shape index (κ3) is 2.25. The van der Waals surface area contributed by atoms with Crippen molar-refractivity contribution < 1.29 is 19.1 Å². The maximum atomic E-state index is 12.7. The molecular weight excluding hydrogens is 332 g/mol. The normalized spacial score (nSPS) is 27.8. The lowest BCUT2D eigenvalue weighted by molar-refractivity contribution is -0.0525. The summed E-state index contributed by atoms with van der Waals surface area (Å²) in [6, 6.07) is 6.17. The van der Waals surface area contributed by atoms with Crippen LogP contribution in [-0.2, 0) is 9.47 Å². The van der Waals surface area contributed by atoms with E-state index in [1.807, 2.05) is 0 Å². The van der Waals surface area contributed by atoms with E-state index in [0.29, 0.717) is 16.8 Å². The van der Waals surface area contributed by atoms with Gasteiger partial charge in [-0.15, -0.1) is 0 Å². The highest BCUT2D eigenvalue weighted by atomic mass is 32.1. The average Bonchev–Trinajstić information content (AvgIpc) is 3.10. The van der Waals surface area contributed by atoms with Crippen molar-refractivity contribution in [1.82, 2.24) is 15.8 Å². The van der Waals surface area contributed by atoms with E-state index in [1.165, 1.54) is 4.90 Å². The lowest BCUT2D eigenvalue weighted by atomic mass is 10.1. The second-order valence-electron chi connectivity index (χ2n) is 5.59. The number of thiocarbonyl (C=S) groups is 1. The van der Waals surface area contributed by atoms with Gasteiger partial charge in [0.25, 0.3) is 11.8 Å². The molecule has 3 heterocycles. The molecule has 0 radical (unpaired) electrons. The molecule has 3 atom stereocenters. The zero-order valence-electron chi connectivity index (χ0n) is 12.4. The van der Waals surface area contributed by atoms with Crippen molar-refractivity contribution in [2.75, 3.05) is 6.61 Å². The number of rotatable bonds is 3. The molecule has 0 aromatic heterocycles. The predicted molar refractivity (Wildman–Crippen MR) is 86.5 cm³/mol. The Morgan fingerprint density at radius 1 is 1.25 bits per heavy atom. The lowest BCUT2D eigenvalue weighted by Crippen LogP contribution is -2.51. The van der Waals surface area contributed by atoms with Crippen LogP contribution in [0.1, 0.15) is 20.7 Å². The van der Waals surface area contributed by atoms with Crippen molar-refractivity contribution in [1.29, 1.82) is 0 Å². The topological polar surface area (TPSA) is 106 Å². The molecule has 1 aromatic rings.